The highest BCUT2D eigenvalue weighted by Crippen LogP contribution is 2.23. The third-order valence-electron chi connectivity index (χ3n) is 2.79. The second kappa shape index (κ2) is 6.21. The minimum Gasteiger partial charge on any atom is -0.506 e. The van der Waals surface area contributed by atoms with E-state index in [1.165, 1.54) is 12.1 Å². The lowest BCUT2D eigenvalue weighted by atomic mass is 10.2. The lowest BCUT2D eigenvalue weighted by Crippen LogP contribution is -2.29. The molecule has 2 aromatic carbocycles. The van der Waals surface area contributed by atoms with Crippen molar-refractivity contribution in [1.29, 1.82) is 0 Å². The predicted molar refractivity (Wildman–Crippen MR) is 76.5 cm³/mol. The number of carbonyl (C=O) groups excluding carboxylic acids is 2. The molecule has 0 fully saturated rings. The van der Waals surface area contributed by atoms with Crippen LogP contribution in [0.4, 0.5) is 20.2 Å². The first-order chi connectivity index (χ1) is 10.4. The molecule has 0 atom stereocenters. The normalized spacial score (nSPS) is 10.1. The van der Waals surface area contributed by atoms with Gasteiger partial charge in [-0.25, -0.2) is 8.78 Å². The average Bonchev–Trinajstić information content (AvgIpc) is 2.45. The van der Waals surface area contributed by atoms with Crippen molar-refractivity contribution in [1.82, 2.24) is 0 Å². The van der Waals surface area contributed by atoms with Gasteiger partial charge < -0.3 is 15.7 Å². The Morgan fingerprint density at radius 3 is 2.23 bits per heavy atom. The summed E-state index contributed by atoms with van der Waals surface area (Å²) in [5, 5.41) is 13.8. The number of halogens is 2. The fraction of sp³-hybridized carbons (Fsp3) is 0.0667. The van der Waals surface area contributed by atoms with Crippen LogP contribution in [0.1, 0.15) is 5.56 Å². The second-order valence-electron chi connectivity index (χ2n) is 4.55. The molecule has 114 valence electrons. The van der Waals surface area contributed by atoms with Crippen molar-refractivity contribution >= 4 is 23.2 Å². The summed E-state index contributed by atoms with van der Waals surface area (Å²) in [6.07, 6.45) is 0. The molecule has 0 radical (unpaired) electrons. The van der Waals surface area contributed by atoms with Crippen LogP contribution in [0.3, 0.4) is 0 Å². The first-order valence-electron chi connectivity index (χ1n) is 6.24. The summed E-state index contributed by atoms with van der Waals surface area (Å²) in [7, 11) is 0. The Kier molecular flexibility index (Phi) is 4.36. The van der Waals surface area contributed by atoms with Crippen LogP contribution >= 0.6 is 0 Å². The Balaban J connectivity index is 2.09. The van der Waals surface area contributed by atoms with E-state index in [9.17, 15) is 23.5 Å². The van der Waals surface area contributed by atoms with Crippen molar-refractivity contribution in [3.05, 3.63) is 53.6 Å². The van der Waals surface area contributed by atoms with Crippen LogP contribution in [0.15, 0.2) is 36.4 Å². The maximum absolute atomic E-state index is 13.4. The predicted octanol–water partition coefficient (Wildman–Crippen LogP) is 2.56. The van der Waals surface area contributed by atoms with Crippen molar-refractivity contribution in [2.75, 3.05) is 10.6 Å². The van der Waals surface area contributed by atoms with Crippen LogP contribution in [0.2, 0.25) is 0 Å². The summed E-state index contributed by atoms with van der Waals surface area (Å²) in [6.45, 7) is 1.74. The molecular formula is C15H12F2N2O3. The lowest BCUT2D eigenvalue weighted by molar-refractivity contribution is -0.133. The molecule has 2 rings (SSSR count). The molecule has 0 spiro atoms. The zero-order valence-corrected chi connectivity index (χ0v) is 11.5. The Hall–Kier alpha value is -2.96. The Bertz CT molecular complexity index is 748. The molecule has 0 unspecified atom stereocenters. The summed E-state index contributed by atoms with van der Waals surface area (Å²) < 4.78 is 26.1. The zero-order chi connectivity index (χ0) is 16.3. The molecule has 7 heteroatoms. The molecule has 0 bridgehead atoms. The second-order valence-corrected chi connectivity index (χ2v) is 4.55. The summed E-state index contributed by atoms with van der Waals surface area (Å²) in [5.41, 5.74) is 0.493. The average molecular weight is 306 g/mol. The molecule has 0 saturated heterocycles. The standard InChI is InChI=1S/C15H12F2N2O3/c1-8-2-5-13(20)12(6-8)19-15(22)14(21)18-11-4-3-9(16)7-10(11)17/h2-7,20H,1H3,(H,18,21)(H,19,22). The van der Waals surface area contributed by atoms with Crippen LogP contribution < -0.4 is 10.6 Å². The maximum atomic E-state index is 13.4. The number of benzene rings is 2. The van der Waals surface area contributed by atoms with Gasteiger partial charge in [-0.15, -0.1) is 0 Å². The molecule has 0 saturated carbocycles. The highest BCUT2D eigenvalue weighted by atomic mass is 19.1. The summed E-state index contributed by atoms with van der Waals surface area (Å²) >= 11 is 0. The number of hydrogen-bond acceptors (Lipinski definition) is 3. The van der Waals surface area contributed by atoms with Gasteiger partial charge in [0.1, 0.15) is 17.4 Å². The molecule has 2 aromatic rings. The number of aromatic hydroxyl groups is 1. The topological polar surface area (TPSA) is 78.4 Å². The van der Waals surface area contributed by atoms with Gasteiger partial charge in [0.2, 0.25) is 0 Å². The SMILES string of the molecule is Cc1ccc(O)c(NC(=O)C(=O)Nc2ccc(F)cc2F)c1. The minimum absolute atomic E-state index is 0.0553. The van der Waals surface area contributed by atoms with Gasteiger partial charge >= 0.3 is 11.8 Å². The molecule has 3 N–H and O–H groups in total. The summed E-state index contributed by atoms with van der Waals surface area (Å²) in [4.78, 5) is 23.4. The van der Waals surface area contributed by atoms with E-state index in [1.807, 2.05) is 5.32 Å². The molecule has 2 amide bonds. The number of rotatable bonds is 2. The van der Waals surface area contributed by atoms with Gasteiger partial charge in [0.15, 0.2) is 0 Å². The van der Waals surface area contributed by atoms with E-state index < -0.39 is 23.4 Å². The van der Waals surface area contributed by atoms with E-state index in [2.05, 4.69) is 5.32 Å². The van der Waals surface area contributed by atoms with E-state index in [1.54, 1.807) is 13.0 Å². The number of phenolic OH excluding ortho intramolecular Hbond substituents is 1. The fourth-order valence-corrected chi connectivity index (χ4v) is 1.70. The molecule has 0 aliphatic rings. The number of aryl methyl sites for hydroxylation is 1. The molecule has 0 aliphatic carbocycles. The third-order valence-corrected chi connectivity index (χ3v) is 2.79. The molecule has 0 aliphatic heterocycles. The molecule has 22 heavy (non-hydrogen) atoms. The fourth-order valence-electron chi connectivity index (χ4n) is 1.70. The Morgan fingerprint density at radius 2 is 1.59 bits per heavy atom. The summed E-state index contributed by atoms with van der Waals surface area (Å²) in [5.74, 6) is -4.25. The van der Waals surface area contributed by atoms with Crippen molar-refractivity contribution < 1.29 is 23.5 Å². The molecule has 0 heterocycles. The van der Waals surface area contributed by atoms with Crippen LogP contribution in [-0.2, 0) is 9.59 Å². The zero-order valence-electron chi connectivity index (χ0n) is 11.5. The van der Waals surface area contributed by atoms with E-state index in [0.29, 0.717) is 6.07 Å². The van der Waals surface area contributed by atoms with E-state index in [0.717, 1.165) is 17.7 Å². The Morgan fingerprint density at radius 1 is 0.955 bits per heavy atom. The van der Waals surface area contributed by atoms with Crippen LogP contribution in [0.25, 0.3) is 0 Å². The van der Waals surface area contributed by atoms with Crippen LogP contribution in [0.5, 0.6) is 5.75 Å². The number of phenols is 1. The molecule has 0 aromatic heterocycles. The van der Waals surface area contributed by atoms with Crippen LogP contribution in [-0.4, -0.2) is 16.9 Å². The largest absolute Gasteiger partial charge is 0.506 e. The first-order valence-corrected chi connectivity index (χ1v) is 6.24. The van der Waals surface area contributed by atoms with Gasteiger partial charge in [-0.2, -0.15) is 0 Å². The molecular weight excluding hydrogens is 294 g/mol. The van der Waals surface area contributed by atoms with Crippen molar-refractivity contribution in [2.45, 2.75) is 6.92 Å². The van der Waals surface area contributed by atoms with E-state index in [4.69, 9.17) is 0 Å². The van der Waals surface area contributed by atoms with E-state index >= 15 is 0 Å². The van der Waals surface area contributed by atoms with Gasteiger partial charge in [0, 0.05) is 6.07 Å². The number of carbonyl (C=O) groups is 2. The highest BCUT2D eigenvalue weighted by molar-refractivity contribution is 6.43. The van der Waals surface area contributed by atoms with Crippen LogP contribution in [0, 0.1) is 18.6 Å². The van der Waals surface area contributed by atoms with Gasteiger partial charge in [-0.1, -0.05) is 6.07 Å². The Labute approximate surface area is 124 Å². The van der Waals surface area contributed by atoms with Crippen molar-refractivity contribution in [2.24, 2.45) is 0 Å². The minimum atomic E-state index is -1.15. The highest BCUT2D eigenvalue weighted by Gasteiger charge is 2.17. The van der Waals surface area contributed by atoms with Gasteiger partial charge in [0.05, 0.1) is 11.4 Å². The smallest absolute Gasteiger partial charge is 0.314 e. The third kappa shape index (κ3) is 3.57. The van der Waals surface area contributed by atoms with E-state index in [-0.39, 0.29) is 17.1 Å². The monoisotopic (exact) mass is 306 g/mol. The number of hydrogen-bond donors (Lipinski definition) is 3. The molecule has 5 nitrogen and oxygen atoms in total. The van der Waals surface area contributed by atoms with Gasteiger partial charge in [-0.05, 0) is 36.8 Å². The van der Waals surface area contributed by atoms with Crippen molar-refractivity contribution in [3.63, 3.8) is 0 Å². The number of anilines is 2. The number of amides is 2. The van der Waals surface area contributed by atoms with Crippen molar-refractivity contribution in [3.8, 4) is 5.75 Å². The number of nitrogens with one attached hydrogen (secondary N) is 2. The quantitative estimate of drug-likeness (QED) is 0.589. The summed E-state index contributed by atoms with van der Waals surface area (Å²) in [6, 6.07) is 6.99. The van der Waals surface area contributed by atoms with Gasteiger partial charge in [-0.3, -0.25) is 9.59 Å². The maximum Gasteiger partial charge on any atom is 0.314 e. The van der Waals surface area contributed by atoms with Gasteiger partial charge in [0.25, 0.3) is 0 Å². The first kappa shape index (κ1) is 15.4. The lowest BCUT2D eigenvalue weighted by Gasteiger charge is -2.09.